The Labute approximate surface area is 156 Å². The van der Waals surface area contributed by atoms with Crippen molar-refractivity contribution in [3.8, 4) is 0 Å². The first kappa shape index (κ1) is 18.7. The fourth-order valence-electron chi connectivity index (χ4n) is 4.14. The Morgan fingerprint density at radius 1 is 1.15 bits per heavy atom. The van der Waals surface area contributed by atoms with Gasteiger partial charge in [0.05, 0.1) is 0 Å². The van der Waals surface area contributed by atoms with Gasteiger partial charge >= 0.3 is 6.09 Å². The Morgan fingerprint density at radius 2 is 1.88 bits per heavy atom. The molecule has 2 heterocycles. The van der Waals surface area contributed by atoms with Gasteiger partial charge < -0.3 is 15.0 Å². The van der Waals surface area contributed by atoms with E-state index in [4.69, 9.17) is 4.74 Å². The second-order valence-corrected chi connectivity index (χ2v) is 8.45. The zero-order valence-electron chi connectivity index (χ0n) is 16.0. The van der Waals surface area contributed by atoms with Gasteiger partial charge in [0, 0.05) is 12.1 Å². The lowest BCUT2D eigenvalue weighted by Crippen LogP contribution is -2.52. The second kappa shape index (κ2) is 7.68. The molecule has 0 spiro atoms. The predicted octanol–water partition coefficient (Wildman–Crippen LogP) is 3.67. The van der Waals surface area contributed by atoms with Gasteiger partial charge in [-0.25, -0.2) is 4.79 Å². The molecule has 5 nitrogen and oxygen atoms in total. The number of amides is 2. The quantitative estimate of drug-likeness (QED) is 0.897. The highest BCUT2D eigenvalue weighted by atomic mass is 16.6. The highest BCUT2D eigenvalue weighted by molar-refractivity contribution is 5.86. The van der Waals surface area contributed by atoms with Gasteiger partial charge in [-0.05, 0) is 64.9 Å². The summed E-state index contributed by atoms with van der Waals surface area (Å²) in [4.78, 5) is 27.4. The monoisotopic (exact) mass is 358 g/mol. The lowest BCUT2D eigenvalue weighted by molar-refractivity contribution is -0.135. The van der Waals surface area contributed by atoms with Crippen LogP contribution < -0.4 is 5.32 Å². The van der Waals surface area contributed by atoms with Gasteiger partial charge in [-0.15, -0.1) is 0 Å². The van der Waals surface area contributed by atoms with Crippen LogP contribution >= 0.6 is 0 Å². The molecule has 3 rings (SSSR count). The van der Waals surface area contributed by atoms with E-state index < -0.39 is 17.7 Å². The van der Waals surface area contributed by atoms with Crippen LogP contribution in [0, 0.1) is 0 Å². The number of hydrogen-bond acceptors (Lipinski definition) is 3. The zero-order chi connectivity index (χ0) is 18.7. The van der Waals surface area contributed by atoms with E-state index in [1.165, 1.54) is 5.56 Å². The molecule has 0 bridgehead atoms. The first-order valence-corrected chi connectivity index (χ1v) is 9.69. The van der Waals surface area contributed by atoms with Gasteiger partial charge in [0.2, 0.25) is 5.91 Å². The standard InChI is InChI=1S/C21H30N2O3/c1-21(2,3)26-20(25)22-18-11-7-10-16-12-13-17(23(16)19(18)24)14-15-8-5-4-6-9-15/h4-6,8-9,16-18H,7,10-14H2,1-3H3,(H,22,25)/t16-,17-,18-/m0/s1. The molecule has 3 atom stereocenters. The number of carbonyl (C=O) groups is 2. The summed E-state index contributed by atoms with van der Waals surface area (Å²) in [5.41, 5.74) is 0.691. The lowest BCUT2D eigenvalue weighted by Gasteiger charge is -2.31. The van der Waals surface area contributed by atoms with Crippen molar-refractivity contribution in [1.29, 1.82) is 0 Å². The largest absolute Gasteiger partial charge is 0.444 e. The molecular formula is C21H30N2O3. The number of carbonyl (C=O) groups excluding carboxylic acids is 2. The Balaban J connectivity index is 1.69. The normalized spacial score (nSPS) is 26.2. The van der Waals surface area contributed by atoms with Gasteiger partial charge in [-0.2, -0.15) is 0 Å². The van der Waals surface area contributed by atoms with Crippen LogP contribution in [0.3, 0.4) is 0 Å². The highest BCUT2D eigenvalue weighted by Crippen LogP contribution is 2.33. The molecule has 0 aromatic heterocycles. The van der Waals surface area contributed by atoms with Crippen LogP contribution in [0.25, 0.3) is 0 Å². The molecule has 5 heteroatoms. The molecule has 0 unspecified atom stereocenters. The molecule has 2 aliphatic rings. The summed E-state index contributed by atoms with van der Waals surface area (Å²) >= 11 is 0. The van der Waals surface area contributed by atoms with Gasteiger partial charge in [0.15, 0.2) is 0 Å². The molecule has 1 N–H and O–H groups in total. The molecule has 1 aromatic carbocycles. The van der Waals surface area contributed by atoms with Crippen molar-refractivity contribution in [3.05, 3.63) is 35.9 Å². The van der Waals surface area contributed by atoms with Gasteiger partial charge in [0.1, 0.15) is 11.6 Å². The van der Waals surface area contributed by atoms with Crippen LogP contribution in [-0.2, 0) is 16.0 Å². The summed E-state index contributed by atoms with van der Waals surface area (Å²) in [5.74, 6) is 0.0526. The van der Waals surface area contributed by atoms with Crippen LogP contribution in [0.1, 0.15) is 58.4 Å². The Kier molecular flexibility index (Phi) is 5.54. The summed E-state index contributed by atoms with van der Waals surface area (Å²) in [6.45, 7) is 5.48. The maximum absolute atomic E-state index is 13.2. The number of hydrogen-bond donors (Lipinski definition) is 1. The van der Waals surface area contributed by atoms with E-state index in [9.17, 15) is 9.59 Å². The number of benzene rings is 1. The van der Waals surface area contributed by atoms with E-state index in [2.05, 4.69) is 22.3 Å². The molecule has 2 aliphatic heterocycles. The fraction of sp³-hybridized carbons (Fsp3) is 0.619. The third-order valence-electron chi connectivity index (χ3n) is 5.21. The number of fused-ring (bicyclic) bond motifs is 1. The van der Waals surface area contributed by atoms with E-state index in [-0.39, 0.29) is 11.9 Å². The highest BCUT2D eigenvalue weighted by Gasteiger charge is 2.41. The van der Waals surface area contributed by atoms with Crippen molar-refractivity contribution in [1.82, 2.24) is 10.2 Å². The van der Waals surface area contributed by atoms with Crippen molar-refractivity contribution in [2.75, 3.05) is 0 Å². The molecular weight excluding hydrogens is 328 g/mol. The molecule has 142 valence electrons. The minimum Gasteiger partial charge on any atom is -0.444 e. The van der Waals surface area contributed by atoms with Crippen molar-refractivity contribution in [2.24, 2.45) is 0 Å². The van der Waals surface area contributed by atoms with Crippen LogP contribution in [0.4, 0.5) is 4.79 Å². The van der Waals surface area contributed by atoms with E-state index in [1.807, 2.05) is 39.0 Å². The lowest BCUT2D eigenvalue weighted by atomic mass is 10.0. The topological polar surface area (TPSA) is 58.6 Å². The maximum atomic E-state index is 13.2. The van der Waals surface area contributed by atoms with E-state index in [0.717, 1.165) is 32.1 Å². The van der Waals surface area contributed by atoms with Crippen LogP contribution in [0.15, 0.2) is 30.3 Å². The third-order valence-corrected chi connectivity index (χ3v) is 5.21. The number of nitrogens with zero attached hydrogens (tertiary/aromatic N) is 1. The molecule has 2 amide bonds. The van der Waals surface area contributed by atoms with E-state index in [0.29, 0.717) is 12.5 Å². The fourth-order valence-corrected chi connectivity index (χ4v) is 4.14. The molecule has 2 fully saturated rings. The first-order chi connectivity index (χ1) is 12.3. The van der Waals surface area contributed by atoms with Crippen molar-refractivity contribution in [2.45, 2.75) is 83.0 Å². The van der Waals surface area contributed by atoms with Crippen molar-refractivity contribution >= 4 is 12.0 Å². The van der Waals surface area contributed by atoms with E-state index >= 15 is 0 Å². The van der Waals surface area contributed by atoms with Gasteiger partial charge in [0.25, 0.3) is 0 Å². The SMILES string of the molecule is CC(C)(C)OC(=O)N[C@H]1CCC[C@H]2CC[C@@H](Cc3ccccc3)N2C1=O. The number of nitrogens with one attached hydrogen (secondary N) is 1. The molecule has 26 heavy (non-hydrogen) atoms. The van der Waals surface area contributed by atoms with Crippen LogP contribution in [0.5, 0.6) is 0 Å². The van der Waals surface area contributed by atoms with Crippen molar-refractivity contribution in [3.63, 3.8) is 0 Å². The summed E-state index contributed by atoms with van der Waals surface area (Å²) in [6, 6.07) is 10.4. The zero-order valence-corrected chi connectivity index (χ0v) is 16.0. The molecule has 0 saturated carbocycles. The molecule has 2 saturated heterocycles. The molecule has 0 aliphatic carbocycles. The minimum absolute atomic E-state index is 0.0526. The smallest absolute Gasteiger partial charge is 0.408 e. The summed E-state index contributed by atoms with van der Waals surface area (Å²) in [5, 5.41) is 2.81. The number of ether oxygens (including phenoxy) is 1. The Morgan fingerprint density at radius 3 is 2.58 bits per heavy atom. The minimum atomic E-state index is -0.566. The van der Waals surface area contributed by atoms with Crippen LogP contribution in [0.2, 0.25) is 0 Å². The summed E-state index contributed by atoms with van der Waals surface area (Å²) in [6.07, 6.45) is 5.11. The Bertz CT molecular complexity index is 638. The molecule has 1 aromatic rings. The average molecular weight is 358 g/mol. The second-order valence-electron chi connectivity index (χ2n) is 8.45. The average Bonchev–Trinajstić information content (AvgIpc) is 2.88. The third kappa shape index (κ3) is 4.57. The van der Waals surface area contributed by atoms with Crippen LogP contribution in [-0.4, -0.2) is 40.6 Å². The first-order valence-electron chi connectivity index (χ1n) is 9.69. The number of rotatable bonds is 3. The Hall–Kier alpha value is -2.04. The molecule has 0 radical (unpaired) electrons. The maximum Gasteiger partial charge on any atom is 0.408 e. The van der Waals surface area contributed by atoms with Crippen molar-refractivity contribution < 1.29 is 14.3 Å². The predicted molar refractivity (Wildman–Crippen MR) is 101 cm³/mol. The van der Waals surface area contributed by atoms with Gasteiger partial charge in [-0.3, -0.25) is 4.79 Å². The van der Waals surface area contributed by atoms with Gasteiger partial charge in [-0.1, -0.05) is 30.3 Å². The summed E-state index contributed by atoms with van der Waals surface area (Å²) in [7, 11) is 0. The number of alkyl carbamates (subject to hydrolysis) is 1. The summed E-state index contributed by atoms with van der Waals surface area (Å²) < 4.78 is 5.34. The van der Waals surface area contributed by atoms with E-state index in [1.54, 1.807) is 0 Å².